The summed E-state index contributed by atoms with van der Waals surface area (Å²) < 4.78 is 5.70. The summed E-state index contributed by atoms with van der Waals surface area (Å²) in [5.41, 5.74) is 1.12. The number of hydrogen-bond acceptors (Lipinski definition) is 2. The van der Waals surface area contributed by atoms with E-state index in [1.165, 1.54) is 19.3 Å². The Hall–Kier alpha value is -1.71. The summed E-state index contributed by atoms with van der Waals surface area (Å²) >= 11 is 0. The second-order valence-corrected chi connectivity index (χ2v) is 5.14. The lowest BCUT2D eigenvalue weighted by atomic mass is 10.2. The van der Waals surface area contributed by atoms with Gasteiger partial charge < -0.3 is 9.64 Å². The Kier molecular flexibility index (Phi) is 5.71. The van der Waals surface area contributed by atoms with Crippen LogP contribution in [-0.4, -0.2) is 30.6 Å². The summed E-state index contributed by atoms with van der Waals surface area (Å²) in [6, 6.07) is 7.90. The highest BCUT2D eigenvalue weighted by Gasteiger charge is 2.20. The highest BCUT2D eigenvalue weighted by Crippen LogP contribution is 2.15. The van der Waals surface area contributed by atoms with E-state index in [0.717, 1.165) is 30.9 Å². The number of amides is 2. The molecule has 1 fully saturated rings. The Morgan fingerprint density at radius 1 is 1.20 bits per heavy atom. The van der Waals surface area contributed by atoms with Gasteiger partial charge in [-0.05, 0) is 24.1 Å². The van der Waals surface area contributed by atoms with E-state index in [1.807, 2.05) is 24.3 Å². The lowest BCUT2D eigenvalue weighted by Gasteiger charge is -2.14. The molecule has 1 aliphatic rings. The molecule has 4 nitrogen and oxygen atoms in total. The van der Waals surface area contributed by atoms with E-state index in [0.29, 0.717) is 13.1 Å². The summed E-state index contributed by atoms with van der Waals surface area (Å²) in [5, 5.41) is 3.86. The van der Waals surface area contributed by atoms with Crippen molar-refractivity contribution in [3.63, 3.8) is 0 Å². The van der Waals surface area contributed by atoms with Crippen LogP contribution in [0.15, 0.2) is 24.3 Å². The summed E-state index contributed by atoms with van der Waals surface area (Å²) in [4.78, 5) is 13.2. The number of nitrogens with zero attached hydrogens (tertiary/aromatic N) is 2. The molecule has 0 spiro atoms. The molecule has 1 radical (unpaired) electrons. The number of rotatable bonds is 8. The molecule has 0 N–H and O–H groups in total. The summed E-state index contributed by atoms with van der Waals surface area (Å²) in [6.45, 7) is 4.98. The van der Waals surface area contributed by atoms with Crippen LogP contribution in [0.1, 0.15) is 38.2 Å². The van der Waals surface area contributed by atoms with Gasteiger partial charge in [-0.1, -0.05) is 38.3 Å². The first-order valence-corrected chi connectivity index (χ1v) is 7.47. The average Bonchev–Trinajstić information content (AvgIpc) is 2.86. The van der Waals surface area contributed by atoms with Crippen LogP contribution in [0.3, 0.4) is 0 Å². The lowest BCUT2D eigenvalue weighted by molar-refractivity contribution is 0.215. The molecule has 0 saturated carbocycles. The summed E-state index contributed by atoms with van der Waals surface area (Å²) in [7, 11) is 0. The van der Waals surface area contributed by atoms with E-state index < -0.39 is 0 Å². The van der Waals surface area contributed by atoms with Crippen molar-refractivity contribution < 1.29 is 9.53 Å². The fourth-order valence-electron chi connectivity index (χ4n) is 2.24. The molecule has 1 saturated heterocycles. The Balaban J connectivity index is 1.73. The second kappa shape index (κ2) is 7.78. The van der Waals surface area contributed by atoms with E-state index in [4.69, 9.17) is 4.74 Å². The smallest absolute Gasteiger partial charge is 0.339 e. The highest BCUT2D eigenvalue weighted by atomic mass is 16.5. The first-order chi connectivity index (χ1) is 9.79. The summed E-state index contributed by atoms with van der Waals surface area (Å²) in [5.74, 6) is 0.905. The number of benzene rings is 1. The van der Waals surface area contributed by atoms with Gasteiger partial charge in [-0.2, -0.15) is 0 Å². The third kappa shape index (κ3) is 4.44. The van der Waals surface area contributed by atoms with Gasteiger partial charge in [0.15, 0.2) is 0 Å². The van der Waals surface area contributed by atoms with Crippen molar-refractivity contribution in [3.8, 4) is 5.75 Å². The van der Waals surface area contributed by atoms with Crippen LogP contribution in [-0.2, 0) is 6.54 Å². The van der Waals surface area contributed by atoms with Gasteiger partial charge in [-0.3, -0.25) is 0 Å². The monoisotopic (exact) mass is 275 g/mol. The summed E-state index contributed by atoms with van der Waals surface area (Å²) in [6.07, 6.45) is 4.86. The van der Waals surface area contributed by atoms with Gasteiger partial charge in [-0.25, -0.2) is 10.1 Å². The van der Waals surface area contributed by atoms with Crippen molar-refractivity contribution >= 4 is 6.03 Å². The maximum atomic E-state index is 11.4. The molecule has 2 amide bonds. The molecule has 1 aliphatic heterocycles. The lowest BCUT2D eigenvalue weighted by Crippen LogP contribution is -2.25. The minimum absolute atomic E-state index is 0.0961. The maximum Gasteiger partial charge on any atom is 0.339 e. The van der Waals surface area contributed by atoms with Gasteiger partial charge in [0.1, 0.15) is 5.75 Å². The quantitative estimate of drug-likeness (QED) is 0.684. The van der Waals surface area contributed by atoms with Gasteiger partial charge in [-0.15, -0.1) is 0 Å². The zero-order valence-electron chi connectivity index (χ0n) is 12.2. The number of hydrogen-bond donors (Lipinski definition) is 0. The van der Waals surface area contributed by atoms with Crippen LogP contribution in [0.5, 0.6) is 5.75 Å². The van der Waals surface area contributed by atoms with E-state index in [9.17, 15) is 4.79 Å². The molecule has 0 unspecified atom stereocenters. The largest absolute Gasteiger partial charge is 0.494 e. The fourth-order valence-corrected chi connectivity index (χ4v) is 2.24. The number of ether oxygens (including phenoxy) is 1. The van der Waals surface area contributed by atoms with Crippen molar-refractivity contribution in [1.82, 2.24) is 10.2 Å². The molecule has 109 valence electrons. The van der Waals surface area contributed by atoms with Gasteiger partial charge in [0, 0.05) is 13.1 Å². The molecule has 0 aromatic heterocycles. The first-order valence-electron chi connectivity index (χ1n) is 7.47. The molecule has 0 aliphatic carbocycles. The normalized spacial score (nSPS) is 14.4. The Morgan fingerprint density at radius 2 is 2.00 bits per heavy atom. The third-order valence-electron chi connectivity index (χ3n) is 3.45. The molecule has 2 rings (SSSR count). The molecule has 1 aromatic carbocycles. The molecule has 20 heavy (non-hydrogen) atoms. The Bertz CT molecular complexity index is 417. The van der Waals surface area contributed by atoms with Gasteiger partial charge in [0.25, 0.3) is 0 Å². The molecule has 1 aromatic rings. The number of carbonyl (C=O) groups is 1. The zero-order chi connectivity index (χ0) is 14.2. The number of carbonyl (C=O) groups excluding carboxylic acids is 1. The van der Waals surface area contributed by atoms with Crippen LogP contribution < -0.4 is 10.1 Å². The van der Waals surface area contributed by atoms with Crippen molar-refractivity contribution in [2.75, 3.05) is 19.7 Å². The van der Waals surface area contributed by atoms with Crippen LogP contribution in [0.25, 0.3) is 0 Å². The SMILES string of the molecule is CCCCCCOc1ccc(CN2CC[N]C2=O)cc1. The van der Waals surface area contributed by atoms with Gasteiger partial charge in [0.2, 0.25) is 0 Å². The van der Waals surface area contributed by atoms with Crippen molar-refractivity contribution in [2.45, 2.75) is 39.2 Å². The minimum atomic E-state index is -0.0961. The van der Waals surface area contributed by atoms with E-state index >= 15 is 0 Å². The van der Waals surface area contributed by atoms with Gasteiger partial charge in [0.05, 0.1) is 13.2 Å². The van der Waals surface area contributed by atoms with Crippen LogP contribution >= 0.6 is 0 Å². The maximum absolute atomic E-state index is 11.4. The molecule has 4 heteroatoms. The second-order valence-electron chi connectivity index (χ2n) is 5.14. The predicted octanol–water partition coefficient (Wildman–Crippen LogP) is 3.19. The van der Waals surface area contributed by atoms with Crippen LogP contribution in [0.4, 0.5) is 4.79 Å². The van der Waals surface area contributed by atoms with Crippen molar-refractivity contribution in [1.29, 1.82) is 0 Å². The van der Waals surface area contributed by atoms with Crippen LogP contribution in [0, 0.1) is 0 Å². The van der Waals surface area contributed by atoms with E-state index in [-0.39, 0.29) is 6.03 Å². The Morgan fingerprint density at radius 3 is 2.65 bits per heavy atom. The standard InChI is InChI=1S/C16H23N2O2/c1-2-3-4-5-12-20-15-8-6-14(7-9-15)13-18-11-10-17-16(18)19/h6-9H,2-5,10-13H2,1H3. The molecule has 0 bridgehead atoms. The number of urea groups is 1. The van der Waals surface area contributed by atoms with Crippen molar-refractivity contribution in [3.05, 3.63) is 29.8 Å². The zero-order valence-corrected chi connectivity index (χ0v) is 12.2. The van der Waals surface area contributed by atoms with E-state index in [2.05, 4.69) is 12.2 Å². The third-order valence-corrected chi connectivity index (χ3v) is 3.45. The highest BCUT2D eigenvalue weighted by molar-refractivity contribution is 5.75. The molecular weight excluding hydrogens is 252 g/mol. The number of unbranched alkanes of at least 4 members (excludes halogenated alkanes) is 3. The first kappa shape index (κ1) is 14.7. The Labute approximate surface area is 121 Å². The topological polar surface area (TPSA) is 43.6 Å². The predicted molar refractivity (Wildman–Crippen MR) is 78.9 cm³/mol. The van der Waals surface area contributed by atoms with Crippen LogP contribution in [0.2, 0.25) is 0 Å². The molecular formula is C16H23N2O2. The van der Waals surface area contributed by atoms with Crippen molar-refractivity contribution in [2.24, 2.45) is 0 Å². The minimum Gasteiger partial charge on any atom is -0.494 e. The molecule has 1 heterocycles. The van der Waals surface area contributed by atoms with E-state index in [1.54, 1.807) is 4.90 Å². The molecule has 0 atom stereocenters. The van der Waals surface area contributed by atoms with Gasteiger partial charge >= 0.3 is 6.03 Å². The fraction of sp³-hybridized carbons (Fsp3) is 0.562. The average molecular weight is 275 g/mol.